The lowest BCUT2D eigenvalue weighted by molar-refractivity contribution is -0.144. The molecule has 9 heteroatoms. The van der Waals surface area contributed by atoms with Crippen LogP contribution in [0.25, 0.3) is 11.3 Å². The van der Waals surface area contributed by atoms with E-state index in [0.29, 0.717) is 31.9 Å². The first-order valence-electron chi connectivity index (χ1n) is 14.5. The molecule has 3 atom stereocenters. The van der Waals surface area contributed by atoms with Gasteiger partial charge in [-0.3, -0.25) is 9.59 Å². The molecule has 1 aliphatic carbocycles. The second-order valence-corrected chi connectivity index (χ2v) is 12.4. The van der Waals surface area contributed by atoms with E-state index >= 15 is 0 Å². The Morgan fingerprint density at radius 2 is 1.88 bits per heavy atom. The third-order valence-electron chi connectivity index (χ3n) is 8.77. The largest absolute Gasteiger partial charge is 0.488 e. The van der Waals surface area contributed by atoms with Crippen molar-refractivity contribution in [1.82, 2.24) is 9.88 Å². The summed E-state index contributed by atoms with van der Waals surface area (Å²) in [5.74, 6) is 0.330. The minimum absolute atomic E-state index is 0.0476. The number of benzene rings is 2. The van der Waals surface area contributed by atoms with Gasteiger partial charge in [-0.2, -0.15) is 0 Å². The lowest BCUT2D eigenvalue weighted by Crippen LogP contribution is -2.44. The van der Waals surface area contributed by atoms with Gasteiger partial charge in [0.2, 0.25) is 0 Å². The smallest absolute Gasteiger partial charge is 0.307 e. The Kier molecular flexibility index (Phi) is 7.99. The van der Waals surface area contributed by atoms with Gasteiger partial charge in [0.05, 0.1) is 18.2 Å². The highest BCUT2D eigenvalue weighted by molar-refractivity contribution is 7.14. The molecule has 3 heterocycles. The molecule has 0 radical (unpaired) electrons. The van der Waals surface area contributed by atoms with Gasteiger partial charge >= 0.3 is 5.97 Å². The van der Waals surface area contributed by atoms with Gasteiger partial charge < -0.3 is 24.4 Å². The average Bonchev–Trinajstić information content (AvgIpc) is 3.44. The van der Waals surface area contributed by atoms with Crippen molar-refractivity contribution in [3.8, 4) is 17.0 Å². The molecule has 3 aromatic rings. The van der Waals surface area contributed by atoms with Gasteiger partial charge in [0.1, 0.15) is 12.4 Å². The minimum Gasteiger partial charge on any atom is -0.488 e. The van der Waals surface area contributed by atoms with Crippen LogP contribution < -0.4 is 9.64 Å². The number of hydrogen-bond donors (Lipinski definition) is 1. The summed E-state index contributed by atoms with van der Waals surface area (Å²) in [5.41, 5.74) is 5.69. The number of carbonyl (C=O) groups excluding carboxylic acids is 1. The molecular weight excluding hydrogens is 538 g/mol. The van der Waals surface area contributed by atoms with E-state index < -0.39 is 5.97 Å². The van der Waals surface area contributed by atoms with Crippen LogP contribution in [0.4, 0.5) is 5.13 Å². The summed E-state index contributed by atoms with van der Waals surface area (Å²) in [6, 6.07) is 12.0. The summed E-state index contributed by atoms with van der Waals surface area (Å²) in [4.78, 5) is 33.9. The zero-order chi connectivity index (χ0) is 28.5. The van der Waals surface area contributed by atoms with Crippen molar-refractivity contribution in [3.05, 3.63) is 64.0 Å². The number of aromatic nitrogens is 1. The van der Waals surface area contributed by atoms with Crippen molar-refractivity contribution in [2.45, 2.75) is 39.7 Å². The Labute approximate surface area is 244 Å². The molecule has 2 aromatic carbocycles. The van der Waals surface area contributed by atoms with Crippen LogP contribution >= 0.6 is 11.3 Å². The van der Waals surface area contributed by atoms with Crippen molar-refractivity contribution in [2.75, 3.05) is 44.3 Å². The summed E-state index contributed by atoms with van der Waals surface area (Å²) in [6.45, 7) is 8.60. The first kappa shape index (κ1) is 27.7. The zero-order valence-corrected chi connectivity index (χ0v) is 24.5. The maximum atomic E-state index is 13.0. The predicted octanol–water partition coefficient (Wildman–Crippen LogP) is 5.42. The number of amides is 1. The molecule has 6 rings (SSSR count). The van der Waals surface area contributed by atoms with Gasteiger partial charge in [-0.05, 0) is 80.3 Å². The number of hydrogen-bond acceptors (Lipinski definition) is 7. The summed E-state index contributed by atoms with van der Waals surface area (Å²) in [5, 5.41) is 12.7. The van der Waals surface area contributed by atoms with Crippen molar-refractivity contribution in [2.24, 2.45) is 17.8 Å². The van der Waals surface area contributed by atoms with Gasteiger partial charge in [0.25, 0.3) is 5.91 Å². The number of carboxylic acids is 1. The van der Waals surface area contributed by atoms with Gasteiger partial charge in [0.15, 0.2) is 5.13 Å². The van der Waals surface area contributed by atoms with Crippen molar-refractivity contribution in [1.29, 1.82) is 0 Å². The molecule has 1 N–H and O–H groups in total. The van der Waals surface area contributed by atoms with Crippen LogP contribution in [-0.4, -0.2) is 66.3 Å². The lowest BCUT2D eigenvalue weighted by Gasteiger charge is -2.35. The number of fused-ring (bicyclic) bond motifs is 2. The van der Waals surface area contributed by atoms with E-state index in [-0.39, 0.29) is 23.7 Å². The number of carbonyl (C=O) groups is 2. The van der Waals surface area contributed by atoms with Crippen molar-refractivity contribution in [3.63, 3.8) is 0 Å². The van der Waals surface area contributed by atoms with E-state index in [1.165, 1.54) is 0 Å². The fraction of sp³-hybridized carbons (Fsp3) is 0.469. The van der Waals surface area contributed by atoms with Crippen LogP contribution in [0.5, 0.6) is 5.75 Å². The molecule has 2 bridgehead atoms. The molecule has 216 valence electrons. The van der Waals surface area contributed by atoms with Crippen LogP contribution in [0, 0.1) is 31.6 Å². The van der Waals surface area contributed by atoms with E-state index in [9.17, 15) is 14.7 Å². The van der Waals surface area contributed by atoms with Crippen molar-refractivity contribution < 1.29 is 24.2 Å². The van der Waals surface area contributed by atoms with E-state index in [2.05, 4.69) is 23.3 Å². The number of aliphatic carboxylic acids is 1. The molecule has 1 aromatic heterocycles. The lowest BCUT2D eigenvalue weighted by atomic mass is 9.85. The zero-order valence-electron chi connectivity index (χ0n) is 23.7. The van der Waals surface area contributed by atoms with Crippen LogP contribution in [0.1, 0.15) is 46.3 Å². The van der Waals surface area contributed by atoms with Gasteiger partial charge in [-0.1, -0.05) is 17.7 Å². The topological polar surface area (TPSA) is 92.2 Å². The van der Waals surface area contributed by atoms with E-state index in [1.54, 1.807) is 11.3 Å². The molecule has 1 amide bonds. The van der Waals surface area contributed by atoms with Gasteiger partial charge in [-0.25, -0.2) is 4.98 Å². The fourth-order valence-electron chi connectivity index (χ4n) is 6.56. The molecule has 3 aliphatic rings. The van der Waals surface area contributed by atoms with Crippen LogP contribution in [0.3, 0.4) is 0 Å². The summed E-state index contributed by atoms with van der Waals surface area (Å²) >= 11 is 1.61. The number of thiazole rings is 1. The highest BCUT2D eigenvalue weighted by Gasteiger charge is 2.46. The summed E-state index contributed by atoms with van der Waals surface area (Å²) in [6.07, 6.45) is 2.82. The predicted molar refractivity (Wildman–Crippen MR) is 159 cm³/mol. The quantitative estimate of drug-likeness (QED) is 0.403. The Bertz CT molecular complexity index is 1420. The third-order valence-corrected chi connectivity index (χ3v) is 9.68. The highest BCUT2D eigenvalue weighted by Crippen LogP contribution is 2.44. The van der Waals surface area contributed by atoms with E-state index in [0.717, 1.165) is 77.7 Å². The summed E-state index contributed by atoms with van der Waals surface area (Å²) < 4.78 is 11.9. The normalized spacial score (nSPS) is 22.4. The highest BCUT2D eigenvalue weighted by atomic mass is 32.1. The summed E-state index contributed by atoms with van der Waals surface area (Å²) in [7, 11) is 0. The minimum atomic E-state index is -0.650. The Morgan fingerprint density at radius 3 is 2.63 bits per heavy atom. The molecule has 3 fully saturated rings. The number of piperidine rings is 1. The maximum absolute atomic E-state index is 13.0. The van der Waals surface area contributed by atoms with E-state index in [4.69, 9.17) is 14.5 Å². The first-order valence-corrected chi connectivity index (χ1v) is 15.4. The van der Waals surface area contributed by atoms with Gasteiger partial charge in [-0.15, -0.1) is 11.3 Å². The third kappa shape index (κ3) is 5.83. The standard InChI is InChI=1S/C32H37N3O5S/c1-20-4-9-28(40-18-25-8-5-22(15-21(25)2)30(36)34-10-3-12-39-13-11-34)26(14-20)27-19-41-32(33-27)35-16-23-6-7-24(17-35)29(23)31(37)38/h4-5,8-9,14-15,19,23-24,29H,3,6-7,10-13,16-18H2,1-2H3,(H,37,38)/t23-,24+,29+. The molecule has 41 heavy (non-hydrogen) atoms. The fourth-order valence-corrected chi connectivity index (χ4v) is 7.41. The number of carboxylic acid groups (broad SMARTS) is 1. The molecule has 0 spiro atoms. The molecule has 2 aliphatic heterocycles. The average molecular weight is 576 g/mol. The molecule has 0 unspecified atom stereocenters. The second kappa shape index (κ2) is 11.8. The van der Waals surface area contributed by atoms with Crippen LogP contribution in [0.2, 0.25) is 0 Å². The molecule has 8 nitrogen and oxygen atoms in total. The van der Waals surface area contributed by atoms with Gasteiger partial charge in [0, 0.05) is 49.3 Å². The molecule has 1 saturated carbocycles. The Hall–Kier alpha value is -3.43. The van der Waals surface area contributed by atoms with Crippen LogP contribution in [-0.2, 0) is 16.1 Å². The number of aryl methyl sites for hydroxylation is 2. The van der Waals surface area contributed by atoms with E-state index in [1.807, 2.05) is 42.2 Å². The molecular formula is C32H37N3O5S. The second-order valence-electron chi connectivity index (χ2n) is 11.6. The van der Waals surface area contributed by atoms with Crippen molar-refractivity contribution >= 4 is 28.3 Å². The number of anilines is 1. The van der Waals surface area contributed by atoms with Crippen LogP contribution in [0.15, 0.2) is 41.8 Å². The Morgan fingerprint density at radius 1 is 1.07 bits per heavy atom. The Balaban J connectivity index is 1.15. The SMILES string of the molecule is Cc1ccc(OCc2ccc(C(=O)N3CCCOCC3)cc2C)c(-c2csc(N3C[C@H]4CC[C@@H](C3)[C@H]4C(=O)O)n2)c1. The number of ether oxygens (including phenoxy) is 2. The monoisotopic (exact) mass is 575 g/mol. The first-order chi connectivity index (χ1) is 19.9. The maximum Gasteiger partial charge on any atom is 0.307 e. The number of rotatable bonds is 7. The number of nitrogens with zero attached hydrogens (tertiary/aromatic N) is 3. The molecule has 2 saturated heterocycles.